The first-order valence-electron chi connectivity index (χ1n) is 8.79. The van der Waals surface area contributed by atoms with E-state index in [0.29, 0.717) is 32.7 Å². The third-order valence-electron chi connectivity index (χ3n) is 3.12. The molecule has 0 saturated heterocycles. The number of hydrogen-bond acceptors (Lipinski definition) is 7. The normalized spacial score (nSPS) is 15.5. The van der Waals surface area contributed by atoms with Crippen LogP contribution in [0.25, 0.3) is 0 Å². The largest absolute Gasteiger partial charge is 0.469 e. The van der Waals surface area contributed by atoms with Crippen LogP contribution in [0.2, 0.25) is 58.4 Å². The zero-order valence-corrected chi connectivity index (χ0v) is 23.4. The summed E-state index contributed by atoms with van der Waals surface area (Å²) in [6.07, 6.45) is 0.928. The van der Waals surface area contributed by atoms with Crippen molar-refractivity contribution in [2.24, 2.45) is 0 Å². The Labute approximate surface area is 169 Å². The lowest BCUT2D eigenvalue weighted by atomic mass is 10.5. The predicted molar refractivity (Wildman–Crippen MR) is 114 cm³/mol. The van der Waals surface area contributed by atoms with Crippen LogP contribution in [0.5, 0.6) is 0 Å². The second kappa shape index (κ2) is 13.3. The first-order valence-corrected chi connectivity index (χ1v) is 21.6. The van der Waals surface area contributed by atoms with Crippen LogP contribution in [-0.4, -0.2) is 79.4 Å². The maximum Gasteiger partial charge on any atom is 0.469 e. The smallest absolute Gasteiger partial charge is 0.437 e. The van der Waals surface area contributed by atoms with Crippen molar-refractivity contribution in [3.63, 3.8) is 0 Å². The van der Waals surface area contributed by atoms with E-state index in [0.717, 1.165) is 12.5 Å². The van der Waals surface area contributed by atoms with E-state index in [1.807, 2.05) is 39.3 Å². The fraction of sp³-hybridized carbons (Fsp3) is 1.00. The van der Waals surface area contributed by atoms with Gasteiger partial charge in [0.05, 0.1) is 13.2 Å². The third kappa shape index (κ3) is 13.2. The molecule has 1 N–H and O–H groups in total. The Bertz CT molecular complexity index is 377. The SMILES string of the molecule is C[Si]O[Si](C)(C)O[Si@@](C)(O[Si]C)O[Si](C)O[Si](C)(C)CCCOCCO. The fourth-order valence-electron chi connectivity index (χ4n) is 2.45. The zero-order valence-electron chi connectivity index (χ0n) is 17.4. The topological polar surface area (TPSA) is 75.6 Å². The molecule has 0 unspecified atom stereocenters. The van der Waals surface area contributed by atoms with E-state index < -0.39 is 35.0 Å². The van der Waals surface area contributed by atoms with Gasteiger partial charge in [-0.15, -0.1) is 0 Å². The Morgan fingerprint density at radius 1 is 0.923 bits per heavy atom. The molecule has 5 radical (unpaired) electrons. The fourth-order valence-corrected chi connectivity index (χ4v) is 18.8. The van der Waals surface area contributed by atoms with Gasteiger partial charge < -0.3 is 30.4 Å². The van der Waals surface area contributed by atoms with E-state index in [1.165, 1.54) is 0 Å². The minimum atomic E-state index is -2.79. The van der Waals surface area contributed by atoms with Gasteiger partial charge in [0.15, 0.2) is 8.32 Å². The van der Waals surface area contributed by atoms with Crippen LogP contribution in [0.4, 0.5) is 0 Å². The molecule has 0 spiro atoms. The van der Waals surface area contributed by atoms with E-state index in [4.69, 9.17) is 30.4 Å². The molecule has 0 aliphatic carbocycles. The highest BCUT2D eigenvalue weighted by Gasteiger charge is 2.44. The molecular formula is C13H35O7Si6. The summed E-state index contributed by atoms with van der Waals surface area (Å²) in [5, 5.41) is 8.73. The van der Waals surface area contributed by atoms with E-state index in [2.05, 4.69) is 13.1 Å². The zero-order chi connectivity index (χ0) is 20.3. The van der Waals surface area contributed by atoms with Crippen LogP contribution in [0.15, 0.2) is 0 Å². The van der Waals surface area contributed by atoms with Gasteiger partial charge in [-0.05, 0) is 58.3 Å². The Morgan fingerprint density at radius 2 is 1.54 bits per heavy atom. The maximum absolute atomic E-state index is 8.73. The molecule has 0 rings (SSSR count). The van der Waals surface area contributed by atoms with Gasteiger partial charge in [-0.25, -0.2) is 0 Å². The average Bonchev–Trinajstić information content (AvgIpc) is 2.44. The molecule has 0 amide bonds. The minimum Gasteiger partial charge on any atom is -0.437 e. The molecule has 26 heavy (non-hydrogen) atoms. The second-order valence-electron chi connectivity index (χ2n) is 6.87. The Kier molecular flexibility index (Phi) is 13.8. The molecular weight excluding hydrogens is 437 g/mol. The highest BCUT2D eigenvalue weighted by atomic mass is 28.5. The van der Waals surface area contributed by atoms with Crippen LogP contribution in [-0.2, 0) is 25.3 Å². The van der Waals surface area contributed by atoms with Crippen LogP contribution in [0, 0.1) is 0 Å². The number of aliphatic hydroxyl groups is 1. The Hall–Kier alpha value is 1.02. The van der Waals surface area contributed by atoms with Gasteiger partial charge in [-0.2, -0.15) is 0 Å². The van der Waals surface area contributed by atoms with Gasteiger partial charge in [-0.3, -0.25) is 0 Å². The van der Waals surface area contributed by atoms with Crippen molar-refractivity contribution in [1.82, 2.24) is 0 Å². The first kappa shape index (κ1) is 27.0. The van der Waals surface area contributed by atoms with Gasteiger partial charge in [0.1, 0.15) is 0 Å². The minimum absolute atomic E-state index is 0.0659. The van der Waals surface area contributed by atoms with E-state index in [-0.39, 0.29) is 6.61 Å². The van der Waals surface area contributed by atoms with E-state index in [1.54, 1.807) is 0 Å². The third-order valence-corrected chi connectivity index (χ3v) is 19.2. The van der Waals surface area contributed by atoms with Gasteiger partial charge in [0, 0.05) is 13.2 Å². The lowest BCUT2D eigenvalue weighted by Crippen LogP contribution is -2.56. The monoisotopic (exact) mass is 471 g/mol. The molecule has 0 bridgehead atoms. The van der Waals surface area contributed by atoms with Crippen LogP contribution in [0.1, 0.15) is 6.42 Å². The van der Waals surface area contributed by atoms with Gasteiger partial charge in [0.25, 0.3) is 0 Å². The molecule has 0 heterocycles. The molecule has 0 fully saturated rings. The molecule has 7 nitrogen and oxygen atoms in total. The number of ether oxygens (including phenoxy) is 1. The van der Waals surface area contributed by atoms with Gasteiger partial charge in [-0.1, -0.05) is 0 Å². The van der Waals surface area contributed by atoms with Crippen molar-refractivity contribution in [2.75, 3.05) is 19.8 Å². The second-order valence-corrected chi connectivity index (χ2v) is 21.3. The van der Waals surface area contributed by atoms with Crippen molar-refractivity contribution in [3.8, 4) is 0 Å². The average molecular weight is 472 g/mol. The van der Waals surface area contributed by atoms with E-state index >= 15 is 0 Å². The molecule has 153 valence electrons. The van der Waals surface area contributed by atoms with Crippen molar-refractivity contribution >= 4 is 54.5 Å². The van der Waals surface area contributed by atoms with Crippen LogP contribution in [0.3, 0.4) is 0 Å². The summed E-state index contributed by atoms with van der Waals surface area (Å²) in [6, 6.07) is 0.986. The summed E-state index contributed by atoms with van der Waals surface area (Å²) in [4.78, 5) is 0. The van der Waals surface area contributed by atoms with Crippen molar-refractivity contribution in [3.05, 3.63) is 0 Å². The summed E-state index contributed by atoms with van der Waals surface area (Å²) < 4.78 is 35.9. The highest BCUT2D eigenvalue weighted by molar-refractivity contribution is 6.84. The maximum atomic E-state index is 8.73. The first-order chi connectivity index (χ1) is 12.0. The van der Waals surface area contributed by atoms with Crippen molar-refractivity contribution in [1.29, 1.82) is 0 Å². The standard InChI is InChI=1S/C13H35O7Si6/c1-21-16-25(6,7)20-26(8,17-22-2)19-23(3)18-24(4,5)13-9-11-15-12-10-14/h14H,9-13H2,1-8H3/t26-/m0/s1. The summed E-state index contributed by atoms with van der Waals surface area (Å²) in [6.45, 7) is 17.5. The highest BCUT2D eigenvalue weighted by Crippen LogP contribution is 2.21. The van der Waals surface area contributed by atoms with Gasteiger partial charge >= 0.3 is 26.6 Å². The summed E-state index contributed by atoms with van der Waals surface area (Å²) in [5.74, 6) is 0. The van der Waals surface area contributed by atoms with Gasteiger partial charge in [0.2, 0.25) is 19.5 Å². The quantitative estimate of drug-likeness (QED) is 0.273. The molecule has 1 atom stereocenters. The molecule has 0 aliphatic rings. The lowest BCUT2D eigenvalue weighted by Gasteiger charge is -2.36. The molecule has 0 aromatic carbocycles. The summed E-state index contributed by atoms with van der Waals surface area (Å²) in [5.41, 5.74) is 0. The predicted octanol–water partition coefficient (Wildman–Crippen LogP) is 2.40. The molecule has 0 aromatic heterocycles. The number of rotatable bonds is 16. The van der Waals surface area contributed by atoms with E-state index in [9.17, 15) is 0 Å². The Morgan fingerprint density at radius 3 is 2.08 bits per heavy atom. The number of hydrogen-bond donors (Lipinski definition) is 1. The molecule has 0 aliphatic heterocycles. The molecule has 0 aromatic rings. The Balaban J connectivity index is 4.61. The van der Waals surface area contributed by atoms with Crippen LogP contribution >= 0.6 is 0 Å². The molecule has 0 saturated carbocycles. The summed E-state index contributed by atoms with van der Waals surface area (Å²) >= 11 is 0. The van der Waals surface area contributed by atoms with Crippen molar-refractivity contribution < 1.29 is 30.4 Å². The van der Waals surface area contributed by atoms with Crippen molar-refractivity contribution in [2.45, 2.75) is 64.8 Å². The molecule has 13 heteroatoms. The van der Waals surface area contributed by atoms with Crippen LogP contribution < -0.4 is 0 Å². The number of aliphatic hydroxyl groups excluding tert-OH is 1. The summed E-state index contributed by atoms with van der Waals surface area (Å²) in [7, 11) is -7.71. The lowest BCUT2D eigenvalue weighted by molar-refractivity contribution is 0.0923.